The van der Waals surface area contributed by atoms with Gasteiger partial charge in [0.2, 0.25) is 11.8 Å². The number of rotatable bonds is 5. The second kappa shape index (κ2) is 6.85. The first-order chi connectivity index (χ1) is 9.54. The van der Waals surface area contributed by atoms with Crippen molar-refractivity contribution in [3.8, 4) is 0 Å². The number of aromatic nitrogens is 2. The van der Waals surface area contributed by atoms with Gasteiger partial charge in [-0.3, -0.25) is 4.79 Å². The van der Waals surface area contributed by atoms with Gasteiger partial charge in [-0.15, -0.1) is 11.8 Å². The maximum Gasteiger partial charge on any atom is 0.234 e. The number of carbonyl (C=O) groups is 1. The Kier molecular flexibility index (Phi) is 5.13. The highest BCUT2D eigenvalue weighted by Gasteiger charge is 2.09. The molecule has 2 aromatic rings. The Labute approximate surface area is 127 Å². The van der Waals surface area contributed by atoms with Gasteiger partial charge in [0.1, 0.15) is 5.82 Å². The number of hydrogen-bond donors (Lipinski definition) is 1. The summed E-state index contributed by atoms with van der Waals surface area (Å²) in [6.07, 6.45) is 0. The van der Waals surface area contributed by atoms with Gasteiger partial charge in [-0.05, 0) is 18.2 Å². The van der Waals surface area contributed by atoms with E-state index in [2.05, 4.69) is 31.4 Å². The number of benzene rings is 1. The Bertz CT molecular complexity index is 620. The topological polar surface area (TPSA) is 68.0 Å². The molecule has 0 saturated carbocycles. The van der Waals surface area contributed by atoms with Crippen LogP contribution in [0.5, 0.6) is 0 Å². The quantitative estimate of drug-likeness (QED) is 0.887. The standard InChI is InChI=1S/C12H11BrFN3O2S/c1-7-15-11(17-19-7)5-20-6-12(18)16-10-3-2-8(13)4-9(10)14/h2-4H,5-6H2,1H3,(H,16,18). The first kappa shape index (κ1) is 15.0. The van der Waals surface area contributed by atoms with E-state index >= 15 is 0 Å². The Balaban J connectivity index is 1.80. The number of carbonyl (C=O) groups excluding carboxylic acids is 1. The summed E-state index contributed by atoms with van der Waals surface area (Å²) >= 11 is 4.48. The van der Waals surface area contributed by atoms with Crippen molar-refractivity contribution in [3.63, 3.8) is 0 Å². The van der Waals surface area contributed by atoms with E-state index in [4.69, 9.17) is 4.52 Å². The van der Waals surface area contributed by atoms with E-state index in [0.29, 0.717) is 21.9 Å². The lowest BCUT2D eigenvalue weighted by Crippen LogP contribution is -2.15. The molecule has 1 heterocycles. The number of thioether (sulfide) groups is 1. The molecule has 0 radical (unpaired) electrons. The van der Waals surface area contributed by atoms with Crippen molar-refractivity contribution in [2.24, 2.45) is 0 Å². The predicted molar refractivity (Wildman–Crippen MR) is 77.9 cm³/mol. The lowest BCUT2D eigenvalue weighted by Gasteiger charge is -2.06. The maximum atomic E-state index is 13.5. The molecule has 0 saturated heterocycles. The maximum absolute atomic E-state index is 13.5. The van der Waals surface area contributed by atoms with Gasteiger partial charge in [0.15, 0.2) is 5.82 Å². The van der Waals surface area contributed by atoms with Gasteiger partial charge < -0.3 is 9.84 Å². The van der Waals surface area contributed by atoms with Crippen LogP contribution in [0.3, 0.4) is 0 Å². The summed E-state index contributed by atoms with van der Waals surface area (Å²) in [7, 11) is 0. The zero-order valence-electron chi connectivity index (χ0n) is 10.5. The van der Waals surface area contributed by atoms with Crippen molar-refractivity contribution in [2.45, 2.75) is 12.7 Å². The molecular formula is C12H11BrFN3O2S. The lowest BCUT2D eigenvalue weighted by molar-refractivity contribution is -0.113. The second-order valence-corrected chi connectivity index (χ2v) is 5.80. The Morgan fingerprint density at radius 3 is 3.00 bits per heavy atom. The number of amides is 1. The fourth-order valence-electron chi connectivity index (χ4n) is 1.41. The van der Waals surface area contributed by atoms with Crippen molar-refractivity contribution in [1.29, 1.82) is 0 Å². The highest BCUT2D eigenvalue weighted by Crippen LogP contribution is 2.19. The van der Waals surface area contributed by atoms with Crippen LogP contribution in [-0.2, 0) is 10.5 Å². The fraction of sp³-hybridized carbons (Fsp3) is 0.250. The average Bonchev–Trinajstić information content (AvgIpc) is 2.79. The summed E-state index contributed by atoms with van der Waals surface area (Å²) in [5, 5.41) is 6.23. The lowest BCUT2D eigenvalue weighted by atomic mass is 10.3. The minimum atomic E-state index is -0.480. The van der Waals surface area contributed by atoms with Crippen molar-refractivity contribution >= 4 is 39.3 Å². The molecule has 20 heavy (non-hydrogen) atoms. The molecular weight excluding hydrogens is 349 g/mol. The number of nitrogens with one attached hydrogen (secondary N) is 1. The summed E-state index contributed by atoms with van der Waals surface area (Å²) < 4.78 is 19.0. The smallest absolute Gasteiger partial charge is 0.234 e. The summed E-state index contributed by atoms with van der Waals surface area (Å²) in [6, 6.07) is 4.46. The first-order valence-corrected chi connectivity index (χ1v) is 7.61. The summed E-state index contributed by atoms with van der Waals surface area (Å²) in [6.45, 7) is 1.70. The van der Waals surface area contributed by atoms with E-state index in [0.717, 1.165) is 0 Å². The van der Waals surface area contributed by atoms with E-state index in [1.165, 1.54) is 23.9 Å². The van der Waals surface area contributed by atoms with Crippen LogP contribution in [0.1, 0.15) is 11.7 Å². The molecule has 0 fully saturated rings. The first-order valence-electron chi connectivity index (χ1n) is 5.66. The third-order valence-electron chi connectivity index (χ3n) is 2.24. The van der Waals surface area contributed by atoms with E-state index in [9.17, 15) is 9.18 Å². The van der Waals surface area contributed by atoms with E-state index in [-0.39, 0.29) is 17.3 Å². The van der Waals surface area contributed by atoms with Crippen LogP contribution in [-0.4, -0.2) is 21.8 Å². The third kappa shape index (κ3) is 4.31. The van der Waals surface area contributed by atoms with E-state index < -0.39 is 5.82 Å². The van der Waals surface area contributed by atoms with Crippen LogP contribution in [0.15, 0.2) is 27.2 Å². The minimum Gasteiger partial charge on any atom is -0.340 e. The van der Waals surface area contributed by atoms with Crippen LogP contribution >= 0.6 is 27.7 Å². The molecule has 1 aromatic heterocycles. The molecule has 0 spiro atoms. The molecule has 1 N–H and O–H groups in total. The molecule has 0 aliphatic rings. The van der Waals surface area contributed by atoms with Gasteiger partial charge in [-0.25, -0.2) is 4.39 Å². The monoisotopic (exact) mass is 359 g/mol. The highest BCUT2D eigenvalue weighted by atomic mass is 79.9. The molecule has 1 aromatic carbocycles. The minimum absolute atomic E-state index is 0.161. The number of hydrogen-bond acceptors (Lipinski definition) is 5. The number of aryl methyl sites for hydroxylation is 1. The predicted octanol–water partition coefficient (Wildman–Crippen LogP) is 3.15. The third-order valence-corrected chi connectivity index (χ3v) is 3.66. The van der Waals surface area contributed by atoms with Gasteiger partial charge in [-0.2, -0.15) is 4.98 Å². The molecule has 0 bridgehead atoms. The molecule has 8 heteroatoms. The summed E-state index contributed by atoms with van der Waals surface area (Å²) in [5.41, 5.74) is 0.161. The molecule has 2 rings (SSSR count). The van der Waals surface area contributed by atoms with Crippen LogP contribution in [0.2, 0.25) is 0 Å². The van der Waals surface area contributed by atoms with Gasteiger partial charge in [0.05, 0.1) is 17.2 Å². The highest BCUT2D eigenvalue weighted by molar-refractivity contribution is 9.10. The normalized spacial score (nSPS) is 10.6. The van der Waals surface area contributed by atoms with Crippen molar-refractivity contribution < 1.29 is 13.7 Å². The van der Waals surface area contributed by atoms with Gasteiger partial charge in [0, 0.05) is 11.4 Å². The van der Waals surface area contributed by atoms with Crippen LogP contribution in [0.4, 0.5) is 10.1 Å². The Morgan fingerprint density at radius 2 is 2.35 bits per heavy atom. The molecule has 0 atom stereocenters. The molecule has 5 nitrogen and oxygen atoms in total. The molecule has 106 valence electrons. The van der Waals surface area contributed by atoms with Crippen LogP contribution in [0, 0.1) is 12.7 Å². The van der Waals surface area contributed by atoms with Crippen molar-refractivity contribution in [3.05, 3.63) is 40.2 Å². The van der Waals surface area contributed by atoms with Gasteiger partial charge in [-0.1, -0.05) is 21.1 Å². The fourth-order valence-corrected chi connectivity index (χ4v) is 2.40. The molecule has 0 unspecified atom stereocenters. The number of halogens is 2. The SMILES string of the molecule is Cc1nc(CSCC(=O)Nc2ccc(Br)cc2F)no1. The van der Waals surface area contributed by atoms with Gasteiger partial charge >= 0.3 is 0 Å². The molecule has 0 aliphatic carbocycles. The number of nitrogens with zero attached hydrogens (tertiary/aromatic N) is 2. The Morgan fingerprint density at radius 1 is 1.55 bits per heavy atom. The largest absolute Gasteiger partial charge is 0.340 e. The van der Waals surface area contributed by atoms with E-state index in [1.807, 2.05) is 0 Å². The second-order valence-electron chi connectivity index (χ2n) is 3.89. The number of anilines is 1. The molecule has 0 aliphatic heterocycles. The Hall–Kier alpha value is -1.41. The van der Waals surface area contributed by atoms with Gasteiger partial charge in [0.25, 0.3) is 0 Å². The summed E-state index contributed by atoms with van der Waals surface area (Å²) in [4.78, 5) is 15.7. The van der Waals surface area contributed by atoms with Crippen molar-refractivity contribution in [1.82, 2.24) is 10.1 Å². The molecule has 1 amide bonds. The zero-order chi connectivity index (χ0) is 14.5. The van der Waals surface area contributed by atoms with Crippen molar-refractivity contribution in [2.75, 3.05) is 11.1 Å². The summed E-state index contributed by atoms with van der Waals surface area (Å²) in [5.74, 6) is 0.913. The van der Waals surface area contributed by atoms with E-state index in [1.54, 1.807) is 13.0 Å². The van der Waals surface area contributed by atoms with Crippen LogP contribution < -0.4 is 5.32 Å². The average molecular weight is 360 g/mol. The van der Waals surface area contributed by atoms with Crippen LogP contribution in [0.25, 0.3) is 0 Å². The zero-order valence-corrected chi connectivity index (χ0v) is 12.9.